The van der Waals surface area contributed by atoms with E-state index in [1.165, 1.54) is 4.70 Å². The minimum absolute atomic E-state index is 0.0671. The number of nitrogens with one attached hydrogen (secondary N) is 1. The average molecular weight is 476 g/mol. The number of thiazole rings is 1. The van der Waals surface area contributed by atoms with E-state index in [0.29, 0.717) is 6.54 Å². The Morgan fingerprint density at radius 2 is 1.94 bits per heavy atom. The number of nitrogens with zero attached hydrogens (tertiary/aromatic N) is 2. The third-order valence-corrected chi connectivity index (χ3v) is 7.96. The van der Waals surface area contributed by atoms with Gasteiger partial charge in [0, 0.05) is 23.5 Å². The highest BCUT2D eigenvalue weighted by atomic mass is 32.2. The molecule has 4 aromatic rings. The van der Waals surface area contributed by atoms with Crippen molar-refractivity contribution in [3.8, 4) is 5.75 Å². The highest BCUT2D eigenvalue weighted by Gasteiger charge is 2.32. The molecule has 1 atom stereocenters. The summed E-state index contributed by atoms with van der Waals surface area (Å²) in [7, 11) is 1.70. The summed E-state index contributed by atoms with van der Waals surface area (Å²) in [6.07, 6.45) is 0.673. The second kappa shape index (κ2) is 9.45. The van der Waals surface area contributed by atoms with Crippen LogP contribution in [0.15, 0.2) is 71.1 Å². The van der Waals surface area contributed by atoms with E-state index >= 15 is 0 Å². The lowest BCUT2D eigenvalue weighted by Crippen LogP contribution is -2.43. The van der Waals surface area contributed by atoms with Gasteiger partial charge in [0.1, 0.15) is 11.9 Å². The number of carbonyl (C=O) groups excluding carboxylic acids is 1. The summed E-state index contributed by atoms with van der Waals surface area (Å²) >= 11 is 3.42. The summed E-state index contributed by atoms with van der Waals surface area (Å²) in [5.74, 6) is 1.65. The number of benzene rings is 3. The lowest BCUT2D eigenvalue weighted by molar-refractivity contribution is 0.0683. The molecule has 1 aliphatic heterocycles. The van der Waals surface area contributed by atoms with E-state index in [-0.39, 0.29) is 12.1 Å². The van der Waals surface area contributed by atoms with Crippen molar-refractivity contribution in [1.82, 2.24) is 9.88 Å². The molecule has 1 aliphatic rings. The van der Waals surface area contributed by atoms with Gasteiger partial charge in [0.25, 0.3) is 5.91 Å². The Morgan fingerprint density at radius 1 is 1.12 bits per heavy atom. The van der Waals surface area contributed by atoms with Crippen molar-refractivity contribution in [2.45, 2.75) is 29.6 Å². The second-order valence-corrected chi connectivity index (χ2v) is 10.2. The zero-order valence-electron chi connectivity index (χ0n) is 18.6. The van der Waals surface area contributed by atoms with Crippen LogP contribution in [0.5, 0.6) is 5.75 Å². The van der Waals surface area contributed by atoms with Crippen LogP contribution >= 0.6 is 23.1 Å². The largest absolute Gasteiger partial charge is 0.496 e. The van der Waals surface area contributed by atoms with Crippen LogP contribution in [0.3, 0.4) is 0 Å². The van der Waals surface area contributed by atoms with Gasteiger partial charge in [-0.1, -0.05) is 49.0 Å². The molecular formula is C26H25N3O2S2. The van der Waals surface area contributed by atoms with Crippen molar-refractivity contribution in [1.29, 1.82) is 0 Å². The summed E-state index contributed by atoms with van der Waals surface area (Å²) in [4.78, 5) is 19.9. The number of anilines is 1. The minimum atomic E-state index is -0.218. The lowest BCUT2D eigenvalue weighted by Gasteiger charge is -2.38. The molecule has 7 heteroatoms. The van der Waals surface area contributed by atoms with Gasteiger partial charge in [-0.15, -0.1) is 11.3 Å². The number of rotatable bonds is 7. The van der Waals surface area contributed by atoms with E-state index in [1.54, 1.807) is 30.2 Å². The molecule has 1 amide bonds. The van der Waals surface area contributed by atoms with E-state index in [0.717, 1.165) is 50.2 Å². The fraction of sp³-hybridized carbons (Fsp3) is 0.231. The lowest BCUT2D eigenvalue weighted by atomic mass is 10.0. The van der Waals surface area contributed by atoms with Gasteiger partial charge in [0.2, 0.25) is 0 Å². The van der Waals surface area contributed by atoms with Gasteiger partial charge in [0.15, 0.2) is 4.34 Å². The molecule has 1 aromatic heterocycles. The van der Waals surface area contributed by atoms with Gasteiger partial charge in [-0.25, -0.2) is 4.98 Å². The number of thioether (sulfide) groups is 1. The van der Waals surface area contributed by atoms with Crippen LogP contribution in [0.1, 0.15) is 41.0 Å². The molecule has 0 radical (unpaired) electrons. The van der Waals surface area contributed by atoms with Crippen LogP contribution in [-0.4, -0.2) is 29.4 Å². The third-order valence-electron chi connectivity index (χ3n) is 5.73. The summed E-state index contributed by atoms with van der Waals surface area (Å²) in [5, 5.41) is 3.58. The predicted octanol–water partition coefficient (Wildman–Crippen LogP) is 6.57. The van der Waals surface area contributed by atoms with Crippen LogP contribution in [0.4, 0.5) is 5.69 Å². The molecule has 0 saturated carbocycles. The van der Waals surface area contributed by atoms with Crippen molar-refractivity contribution in [3.05, 3.63) is 83.4 Å². The van der Waals surface area contributed by atoms with Crippen LogP contribution in [0, 0.1) is 0 Å². The normalized spacial score (nSPS) is 15.4. The maximum atomic E-state index is 13.2. The quantitative estimate of drug-likeness (QED) is 0.306. The Morgan fingerprint density at radius 3 is 2.76 bits per heavy atom. The van der Waals surface area contributed by atoms with Crippen molar-refractivity contribution >= 4 is 44.9 Å². The van der Waals surface area contributed by atoms with Crippen LogP contribution in [0.25, 0.3) is 10.2 Å². The third kappa shape index (κ3) is 4.30. The monoisotopic (exact) mass is 475 g/mol. The van der Waals surface area contributed by atoms with Gasteiger partial charge in [0.05, 0.1) is 22.9 Å². The first kappa shape index (κ1) is 21.8. The highest BCUT2D eigenvalue weighted by Crippen LogP contribution is 2.37. The zero-order valence-corrected chi connectivity index (χ0v) is 20.2. The zero-order chi connectivity index (χ0) is 22.8. The topological polar surface area (TPSA) is 54.5 Å². The number of aromatic nitrogens is 1. The van der Waals surface area contributed by atoms with E-state index in [4.69, 9.17) is 9.72 Å². The standard InChI is InChI=1S/C26H25N3O2S2/c1-3-14-29-24(27-20-9-5-4-8-19(20)25(29)30)17-12-13-22(31-2)18(15-17)16-32-26-28-21-10-6-7-11-23(21)33-26/h4-13,15,24,27H,3,14,16H2,1-2H3/t24-/m0/s1. The molecule has 168 valence electrons. The van der Waals surface area contributed by atoms with Gasteiger partial charge in [-0.3, -0.25) is 4.79 Å². The van der Waals surface area contributed by atoms with Crippen LogP contribution < -0.4 is 10.1 Å². The van der Waals surface area contributed by atoms with E-state index in [2.05, 4.69) is 24.4 Å². The molecule has 0 aliphatic carbocycles. The molecule has 2 heterocycles. The molecule has 33 heavy (non-hydrogen) atoms. The Kier molecular flexibility index (Phi) is 6.24. The summed E-state index contributed by atoms with van der Waals surface area (Å²) in [6, 6.07) is 22.1. The second-order valence-electron chi connectivity index (χ2n) is 7.90. The first-order valence-electron chi connectivity index (χ1n) is 11.0. The number of fused-ring (bicyclic) bond motifs is 2. The molecule has 5 nitrogen and oxygen atoms in total. The number of carbonyl (C=O) groups is 1. The molecular weight excluding hydrogens is 450 g/mol. The Balaban J connectivity index is 1.44. The van der Waals surface area contributed by atoms with Crippen molar-refractivity contribution in [3.63, 3.8) is 0 Å². The number of amides is 1. The minimum Gasteiger partial charge on any atom is -0.496 e. The SMILES string of the molecule is CCCN1C(=O)c2ccccc2N[C@@H]1c1ccc(OC)c(CSc2nc3ccccc3s2)c1. The van der Waals surface area contributed by atoms with Gasteiger partial charge >= 0.3 is 0 Å². The van der Waals surface area contributed by atoms with Crippen molar-refractivity contribution in [2.75, 3.05) is 19.0 Å². The highest BCUT2D eigenvalue weighted by molar-refractivity contribution is 8.00. The maximum absolute atomic E-state index is 13.2. The van der Waals surface area contributed by atoms with Crippen molar-refractivity contribution < 1.29 is 9.53 Å². The Bertz CT molecular complexity index is 1270. The van der Waals surface area contributed by atoms with Gasteiger partial charge in [-0.05, 0) is 48.4 Å². The van der Waals surface area contributed by atoms with Crippen LogP contribution in [0.2, 0.25) is 0 Å². The number of para-hydroxylation sites is 2. The molecule has 1 N–H and O–H groups in total. The van der Waals surface area contributed by atoms with Crippen molar-refractivity contribution in [2.24, 2.45) is 0 Å². The summed E-state index contributed by atoms with van der Waals surface area (Å²) in [5.41, 5.74) is 4.77. The number of ether oxygens (including phenoxy) is 1. The molecule has 0 bridgehead atoms. The maximum Gasteiger partial charge on any atom is 0.257 e. The van der Waals surface area contributed by atoms with Gasteiger partial charge in [-0.2, -0.15) is 0 Å². The first-order valence-corrected chi connectivity index (χ1v) is 12.8. The Labute approximate surface area is 201 Å². The number of hydrogen-bond acceptors (Lipinski definition) is 6. The predicted molar refractivity (Wildman–Crippen MR) is 136 cm³/mol. The van der Waals surface area contributed by atoms with Crippen LogP contribution in [-0.2, 0) is 5.75 Å². The summed E-state index contributed by atoms with van der Waals surface area (Å²) < 4.78 is 7.89. The number of hydrogen-bond donors (Lipinski definition) is 1. The van der Waals surface area contributed by atoms with Gasteiger partial charge < -0.3 is 15.0 Å². The first-order chi connectivity index (χ1) is 16.2. The Hall–Kier alpha value is -3.03. The molecule has 3 aromatic carbocycles. The molecule has 0 saturated heterocycles. The molecule has 0 fully saturated rings. The number of methoxy groups -OCH3 is 1. The fourth-order valence-corrected chi connectivity index (χ4v) is 6.21. The van der Waals surface area contributed by atoms with E-state index < -0.39 is 0 Å². The van der Waals surface area contributed by atoms with E-state index in [9.17, 15) is 4.79 Å². The fourth-order valence-electron chi connectivity index (χ4n) is 4.16. The summed E-state index contributed by atoms with van der Waals surface area (Å²) in [6.45, 7) is 2.78. The molecule has 0 spiro atoms. The van der Waals surface area contributed by atoms with E-state index in [1.807, 2.05) is 59.5 Å². The smallest absolute Gasteiger partial charge is 0.257 e. The molecule has 5 rings (SSSR count). The average Bonchev–Trinajstić information content (AvgIpc) is 3.27. The molecule has 0 unspecified atom stereocenters.